The van der Waals surface area contributed by atoms with Gasteiger partial charge in [0, 0.05) is 6.54 Å². The number of hydrogen-bond donors (Lipinski definition) is 2. The number of rotatable bonds is 8. The molecule has 2 N–H and O–H groups in total. The van der Waals surface area contributed by atoms with E-state index in [2.05, 4.69) is 17.4 Å². The van der Waals surface area contributed by atoms with Crippen molar-refractivity contribution in [3.05, 3.63) is 29.8 Å². The van der Waals surface area contributed by atoms with Gasteiger partial charge in [-0.1, -0.05) is 31.4 Å². The van der Waals surface area contributed by atoms with Crippen molar-refractivity contribution >= 4 is 0 Å². The molecule has 0 radical (unpaired) electrons. The van der Waals surface area contributed by atoms with Crippen LogP contribution >= 0.6 is 0 Å². The second kappa shape index (κ2) is 8.54. The smallest absolute Gasteiger partial charge is 0.119 e. The molecule has 0 aliphatic heterocycles. The van der Waals surface area contributed by atoms with Crippen molar-refractivity contribution in [2.75, 3.05) is 13.1 Å². The Morgan fingerprint density at radius 3 is 2.45 bits per heavy atom. The second-order valence-electron chi connectivity index (χ2n) is 6.88. The molecule has 1 fully saturated rings. The highest BCUT2D eigenvalue weighted by molar-refractivity contribution is 5.27. The van der Waals surface area contributed by atoms with Gasteiger partial charge >= 0.3 is 0 Å². The maximum Gasteiger partial charge on any atom is 0.119 e. The van der Waals surface area contributed by atoms with Crippen LogP contribution in [0.4, 0.5) is 0 Å². The van der Waals surface area contributed by atoms with Gasteiger partial charge in [-0.15, -0.1) is 0 Å². The molecule has 0 unspecified atom stereocenters. The van der Waals surface area contributed by atoms with E-state index in [4.69, 9.17) is 4.74 Å². The maximum absolute atomic E-state index is 10.4. The number of hydrogen-bond acceptors (Lipinski definition) is 3. The minimum Gasteiger partial charge on any atom is -0.491 e. The quantitative estimate of drug-likeness (QED) is 0.720. The van der Waals surface area contributed by atoms with Gasteiger partial charge in [0.15, 0.2) is 0 Å². The lowest BCUT2D eigenvalue weighted by atomic mass is 9.85. The normalized spacial score (nSPS) is 17.6. The van der Waals surface area contributed by atoms with E-state index < -0.39 is 5.60 Å². The summed E-state index contributed by atoms with van der Waals surface area (Å²) in [5, 5.41) is 13.8. The zero-order valence-corrected chi connectivity index (χ0v) is 14.1. The average Bonchev–Trinajstić information content (AvgIpc) is 2.49. The summed E-state index contributed by atoms with van der Waals surface area (Å²) in [4.78, 5) is 0. The number of aryl methyl sites for hydroxylation is 1. The first-order valence-electron chi connectivity index (χ1n) is 8.76. The summed E-state index contributed by atoms with van der Waals surface area (Å²) in [6.45, 7) is 5.79. The molecular formula is C19H31NO2. The van der Waals surface area contributed by atoms with E-state index in [1.165, 1.54) is 24.8 Å². The van der Waals surface area contributed by atoms with Gasteiger partial charge < -0.3 is 15.2 Å². The van der Waals surface area contributed by atoms with Gasteiger partial charge in [0.05, 0.1) is 11.7 Å². The molecule has 1 aliphatic carbocycles. The highest BCUT2D eigenvalue weighted by atomic mass is 16.5. The molecule has 0 aromatic heterocycles. The predicted octanol–water partition coefficient (Wildman–Crippen LogP) is 3.69. The standard InChI is InChI=1S/C19H31NO2/c1-16(2)22-18-10-8-17(9-11-18)7-6-14-20-15-19(21)12-4-3-5-13-19/h8-11,16,20-21H,3-7,12-15H2,1-2H3. The zero-order valence-electron chi connectivity index (χ0n) is 14.1. The molecule has 3 nitrogen and oxygen atoms in total. The minimum absolute atomic E-state index is 0.223. The monoisotopic (exact) mass is 305 g/mol. The summed E-state index contributed by atoms with van der Waals surface area (Å²) >= 11 is 0. The third kappa shape index (κ3) is 5.98. The lowest BCUT2D eigenvalue weighted by Gasteiger charge is -2.32. The van der Waals surface area contributed by atoms with E-state index in [0.29, 0.717) is 0 Å². The third-order valence-corrected chi connectivity index (χ3v) is 4.35. The molecule has 1 aromatic carbocycles. The maximum atomic E-state index is 10.4. The lowest BCUT2D eigenvalue weighted by molar-refractivity contribution is 0.00507. The highest BCUT2D eigenvalue weighted by Crippen LogP contribution is 2.27. The van der Waals surface area contributed by atoms with Crippen LogP contribution in [0.5, 0.6) is 5.75 Å². The molecular weight excluding hydrogens is 274 g/mol. The first-order valence-corrected chi connectivity index (χ1v) is 8.76. The molecule has 1 aliphatic rings. The molecule has 1 saturated carbocycles. The average molecular weight is 305 g/mol. The Labute approximate surface area is 135 Å². The van der Waals surface area contributed by atoms with E-state index in [1.807, 2.05) is 26.0 Å². The highest BCUT2D eigenvalue weighted by Gasteiger charge is 2.28. The van der Waals surface area contributed by atoms with Crippen LogP contribution in [0.15, 0.2) is 24.3 Å². The topological polar surface area (TPSA) is 41.5 Å². The molecule has 1 aromatic rings. The van der Waals surface area contributed by atoms with E-state index >= 15 is 0 Å². The third-order valence-electron chi connectivity index (χ3n) is 4.35. The molecule has 0 bridgehead atoms. The fourth-order valence-electron chi connectivity index (χ4n) is 3.13. The molecule has 22 heavy (non-hydrogen) atoms. The van der Waals surface area contributed by atoms with Crippen LogP contribution in [0.1, 0.15) is 57.9 Å². The molecule has 0 atom stereocenters. The Morgan fingerprint density at radius 2 is 1.82 bits per heavy atom. The molecule has 0 amide bonds. The number of benzene rings is 1. The Hall–Kier alpha value is -1.06. The Morgan fingerprint density at radius 1 is 1.14 bits per heavy atom. The fraction of sp³-hybridized carbons (Fsp3) is 0.684. The van der Waals surface area contributed by atoms with E-state index in [1.54, 1.807) is 0 Å². The van der Waals surface area contributed by atoms with E-state index in [-0.39, 0.29) is 6.10 Å². The molecule has 0 spiro atoms. The first-order chi connectivity index (χ1) is 10.6. The van der Waals surface area contributed by atoms with Gasteiger partial charge in [-0.05, 0) is 63.8 Å². The number of ether oxygens (including phenoxy) is 1. The summed E-state index contributed by atoms with van der Waals surface area (Å²) in [5.41, 5.74) is 0.892. The largest absolute Gasteiger partial charge is 0.491 e. The van der Waals surface area contributed by atoms with Crippen LogP contribution in [0.2, 0.25) is 0 Å². The second-order valence-corrected chi connectivity index (χ2v) is 6.88. The summed E-state index contributed by atoms with van der Waals surface area (Å²) in [6, 6.07) is 8.39. The van der Waals surface area contributed by atoms with Crippen molar-refractivity contribution in [3.63, 3.8) is 0 Å². The van der Waals surface area contributed by atoms with Crippen molar-refractivity contribution in [1.29, 1.82) is 0 Å². The van der Waals surface area contributed by atoms with Crippen molar-refractivity contribution in [1.82, 2.24) is 5.32 Å². The SMILES string of the molecule is CC(C)Oc1ccc(CCCNCC2(O)CCCCC2)cc1. The van der Waals surface area contributed by atoms with Crippen LogP contribution in [-0.2, 0) is 6.42 Å². The van der Waals surface area contributed by atoms with Gasteiger partial charge in [-0.2, -0.15) is 0 Å². The van der Waals surface area contributed by atoms with Crippen molar-refractivity contribution < 1.29 is 9.84 Å². The molecule has 3 heteroatoms. The van der Waals surface area contributed by atoms with Crippen LogP contribution in [0.25, 0.3) is 0 Å². The Bertz CT molecular complexity index is 422. The summed E-state index contributed by atoms with van der Waals surface area (Å²) in [6.07, 6.45) is 7.91. The van der Waals surface area contributed by atoms with Gasteiger partial charge in [0.25, 0.3) is 0 Å². The first kappa shape index (κ1) is 17.3. The predicted molar refractivity (Wildman–Crippen MR) is 91.4 cm³/mol. The number of nitrogens with one attached hydrogen (secondary N) is 1. The minimum atomic E-state index is -0.450. The van der Waals surface area contributed by atoms with Crippen molar-refractivity contribution in [2.24, 2.45) is 0 Å². The van der Waals surface area contributed by atoms with Gasteiger partial charge in [0.2, 0.25) is 0 Å². The molecule has 0 heterocycles. The van der Waals surface area contributed by atoms with Gasteiger partial charge in [-0.25, -0.2) is 0 Å². The van der Waals surface area contributed by atoms with Crippen LogP contribution in [-0.4, -0.2) is 29.9 Å². The summed E-state index contributed by atoms with van der Waals surface area (Å²) < 4.78 is 5.65. The van der Waals surface area contributed by atoms with Gasteiger partial charge in [-0.3, -0.25) is 0 Å². The van der Waals surface area contributed by atoms with Crippen molar-refractivity contribution in [3.8, 4) is 5.75 Å². The van der Waals surface area contributed by atoms with E-state index in [0.717, 1.165) is 44.5 Å². The molecule has 0 saturated heterocycles. The fourth-order valence-corrected chi connectivity index (χ4v) is 3.13. The van der Waals surface area contributed by atoms with Crippen LogP contribution in [0.3, 0.4) is 0 Å². The number of aliphatic hydroxyl groups is 1. The molecule has 2 rings (SSSR count). The van der Waals surface area contributed by atoms with Gasteiger partial charge in [0.1, 0.15) is 5.75 Å². The molecule has 124 valence electrons. The van der Waals surface area contributed by atoms with Crippen LogP contribution < -0.4 is 10.1 Å². The lowest BCUT2D eigenvalue weighted by Crippen LogP contribution is -2.42. The Balaban J connectivity index is 1.62. The zero-order chi connectivity index (χ0) is 15.8. The van der Waals surface area contributed by atoms with E-state index in [9.17, 15) is 5.11 Å². The summed E-state index contributed by atoms with van der Waals surface area (Å²) in [7, 11) is 0. The summed E-state index contributed by atoms with van der Waals surface area (Å²) in [5.74, 6) is 0.941. The van der Waals surface area contributed by atoms with Crippen molar-refractivity contribution in [2.45, 2.75) is 70.5 Å². The Kier molecular flexibility index (Phi) is 6.71. The van der Waals surface area contributed by atoms with Crippen LogP contribution in [0, 0.1) is 0 Å².